The van der Waals surface area contributed by atoms with Gasteiger partial charge in [0, 0.05) is 10.9 Å². The number of thiophene rings is 1. The van der Waals surface area contributed by atoms with Gasteiger partial charge in [-0.15, -0.1) is 11.3 Å². The van der Waals surface area contributed by atoms with Gasteiger partial charge in [-0.2, -0.15) is 0 Å². The smallest absolute Gasteiger partial charge is 0.270 e. The van der Waals surface area contributed by atoms with E-state index in [1.54, 1.807) is 30.3 Å². The second-order valence-electron chi connectivity index (χ2n) is 4.80. The third-order valence-electron chi connectivity index (χ3n) is 3.29. The number of rotatable bonds is 3. The van der Waals surface area contributed by atoms with Gasteiger partial charge in [-0.05, 0) is 58.5 Å². The fourth-order valence-corrected chi connectivity index (χ4v) is 3.84. The average Bonchev–Trinajstić information content (AvgIpc) is 2.96. The number of anilines is 1. The van der Waals surface area contributed by atoms with Gasteiger partial charge in [0.05, 0.1) is 16.6 Å². The molecule has 3 rings (SSSR count). The van der Waals surface area contributed by atoms with Gasteiger partial charge < -0.3 is 4.74 Å². The van der Waals surface area contributed by atoms with E-state index in [0.29, 0.717) is 11.4 Å². The minimum atomic E-state index is -0.506. The fourth-order valence-electron chi connectivity index (χ4n) is 2.19. The first-order valence-electron chi connectivity index (χ1n) is 6.80. The first kappa shape index (κ1) is 16.8. The molecule has 1 saturated heterocycles. The summed E-state index contributed by atoms with van der Waals surface area (Å²) in [5, 5.41) is 2.60. The van der Waals surface area contributed by atoms with Gasteiger partial charge in [-0.25, -0.2) is 0 Å². The Morgan fingerprint density at radius 1 is 1.29 bits per heavy atom. The Balaban J connectivity index is 2.01. The summed E-state index contributed by atoms with van der Waals surface area (Å²) in [4.78, 5) is 27.1. The van der Waals surface area contributed by atoms with E-state index in [-0.39, 0.29) is 10.7 Å². The number of hydrogen-bond acceptors (Lipinski definition) is 5. The van der Waals surface area contributed by atoms with Crippen molar-refractivity contribution >= 4 is 68.2 Å². The normalized spacial score (nSPS) is 16.5. The molecule has 0 bridgehead atoms. The molecule has 1 N–H and O–H groups in total. The lowest BCUT2D eigenvalue weighted by molar-refractivity contribution is -0.122. The molecule has 0 spiro atoms. The van der Waals surface area contributed by atoms with Crippen molar-refractivity contribution < 1.29 is 14.3 Å². The summed E-state index contributed by atoms with van der Waals surface area (Å²) in [5.74, 6) is -0.386. The minimum absolute atomic E-state index is 0.0285. The highest BCUT2D eigenvalue weighted by Crippen LogP contribution is 2.28. The Morgan fingerprint density at radius 3 is 2.75 bits per heavy atom. The zero-order valence-electron chi connectivity index (χ0n) is 12.4. The Labute approximate surface area is 156 Å². The van der Waals surface area contributed by atoms with Crippen molar-refractivity contribution in [3.05, 3.63) is 50.6 Å². The van der Waals surface area contributed by atoms with Crippen LogP contribution in [0.25, 0.3) is 6.08 Å². The van der Waals surface area contributed by atoms with Crippen LogP contribution in [0, 0.1) is 0 Å². The summed E-state index contributed by atoms with van der Waals surface area (Å²) >= 11 is 9.95. The van der Waals surface area contributed by atoms with Gasteiger partial charge >= 0.3 is 0 Å². The molecule has 1 aliphatic rings. The molecule has 2 aromatic rings. The van der Waals surface area contributed by atoms with Crippen molar-refractivity contribution in [1.29, 1.82) is 0 Å². The molecule has 0 aliphatic carbocycles. The summed E-state index contributed by atoms with van der Waals surface area (Å²) < 4.78 is 6.09. The van der Waals surface area contributed by atoms with Crippen molar-refractivity contribution in [1.82, 2.24) is 5.32 Å². The Hall–Kier alpha value is -2.03. The third kappa shape index (κ3) is 3.26. The maximum atomic E-state index is 12.8. The maximum absolute atomic E-state index is 12.8. The van der Waals surface area contributed by atoms with Crippen LogP contribution in [0.1, 0.15) is 4.88 Å². The van der Waals surface area contributed by atoms with Gasteiger partial charge in [0.15, 0.2) is 5.11 Å². The predicted molar refractivity (Wildman–Crippen MR) is 101 cm³/mol. The summed E-state index contributed by atoms with van der Waals surface area (Å²) in [6, 6.07) is 10.6. The second-order valence-corrected chi connectivity index (χ2v) is 7.68. The molecular weight excluding hydrogens is 412 g/mol. The van der Waals surface area contributed by atoms with Crippen LogP contribution in [0.4, 0.5) is 5.69 Å². The number of methoxy groups -OCH3 is 1. The lowest BCUT2D eigenvalue weighted by Gasteiger charge is -2.29. The molecule has 1 aromatic heterocycles. The highest BCUT2D eigenvalue weighted by atomic mass is 79.9. The topological polar surface area (TPSA) is 58.6 Å². The Morgan fingerprint density at radius 2 is 2.08 bits per heavy atom. The van der Waals surface area contributed by atoms with Gasteiger partial charge in [0.1, 0.15) is 11.3 Å². The summed E-state index contributed by atoms with van der Waals surface area (Å²) in [5.41, 5.74) is 0.559. The van der Waals surface area contributed by atoms with E-state index >= 15 is 0 Å². The number of amides is 2. The van der Waals surface area contributed by atoms with Gasteiger partial charge in [0.2, 0.25) is 0 Å². The van der Waals surface area contributed by atoms with Crippen LogP contribution in [-0.2, 0) is 9.59 Å². The largest absolute Gasteiger partial charge is 0.497 e. The average molecular weight is 423 g/mol. The van der Waals surface area contributed by atoms with Crippen LogP contribution in [0.3, 0.4) is 0 Å². The third-order valence-corrected chi connectivity index (χ3v) is 5.15. The monoisotopic (exact) mass is 422 g/mol. The number of nitrogens with zero attached hydrogens (tertiary/aromatic N) is 1. The van der Waals surface area contributed by atoms with Crippen LogP contribution in [0.5, 0.6) is 5.75 Å². The number of ether oxygens (including phenoxy) is 1. The van der Waals surface area contributed by atoms with Crippen molar-refractivity contribution in [3.8, 4) is 5.75 Å². The predicted octanol–water partition coefficient (Wildman–Crippen LogP) is 3.35. The number of hydrogen-bond donors (Lipinski definition) is 1. The molecule has 8 heteroatoms. The van der Waals surface area contributed by atoms with Gasteiger partial charge in [-0.1, -0.05) is 6.07 Å². The maximum Gasteiger partial charge on any atom is 0.270 e. The molecule has 5 nitrogen and oxygen atoms in total. The van der Waals surface area contributed by atoms with Crippen LogP contribution in [-0.4, -0.2) is 24.0 Å². The minimum Gasteiger partial charge on any atom is -0.497 e. The quantitative estimate of drug-likeness (QED) is 0.468. The standard InChI is InChI=1S/C16H11BrN2O3S2/c1-22-10-4-2-3-9(7-10)19-15(21)12(14(20)18-16(19)23)8-11-5-6-13(17)24-11/h2-8H,1H3,(H,18,20,23)/b12-8-. The number of halogens is 1. The highest BCUT2D eigenvalue weighted by molar-refractivity contribution is 9.11. The van der Waals surface area contributed by atoms with Crippen molar-refractivity contribution in [3.63, 3.8) is 0 Å². The number of benzene rings is 1. The van der Waals surface area contributed by atoms with Crippen LogP contribution in [0.15, 0.2) is 45.8 Å². The molecule has 0 unspecified atom stereocenters. The molecule has 1 aromatic carbocycles. The first-order chi connectivity index (χ1) is 11.5. The van der Waals surface area contributed by atoms with Crippen LogP contribution < -0.4 is 15.0 Å². The lowest BCUT2D eigenvalue weighted by Crippen LogP contribution is -2.54. The van der Waals surface area contributed by atoms with Gasteiger partial charge in [-0.3, -0.25) is 19.8 Å². The molecule has 1 fully saturated rings. The SMILES string of the molecule is COc1cccc(N2C(=O)/C(=C\c3ccc(Br)s3)C(=O)NC2=S)c1. The second kappa shape index (κ2) is 6.84. The molecule has 122 valence electrons. The van der Waals surface area contributed by atoms with Crippen molar-refractivity contribution in [2.75, 3.05) is 12.0 Å². The fraction of sp³-hybridized carbons (Fsp3) is 0.0625. The number of thiocarbonyl (C=S) groups is 1. The number of nitrogens with one attached hydrogen (secondary N) is 1. The van der Waals surface area contributed by atoms with E-state index in [9.17, 15) is 9.59 Å². The van der Waals surface area contributed by atoms with E-state index in [1.165, 1.54) is 23.3 Å². The summed E-state index contributed by atoms with van der Waals surface area (Å²) in [6.07, 6.45) is 1.56. The lowest BCUT2D eigenvalue weighted by atomic mass is 10.1. The first-order valence-corrected chi connectivity index (χ1v) is 8.82. The van der Waals surface area contributed by atoms with E-state index in [4.69, 9.17) is 17.0 Å². The number of carbonyl (C=O) groups excluding carboxylic acids is 2. The Bertz CT molecular complexity index is 876. The van der Waals surface area contributed by atoms with Crippen molar-refractivity contribution in [2.24, 2.45) is 0 Å². The molecule has 2 heterocycles. The zero-order chi connectivity index (χ0) is 17.3. The van der Waals surface area contributed by atoms with E-state index in [0.717, 1.165) is 8.66 Å². The molecule has 24 heavy (non-hydrogen) atoms. The van der Waals surface area contributed by atoms with Crippen LogP contribution >= 0.6 is 39.5 Å². The molecule has 0 radical (unpaired) electrons. The summed E-state index contributed by atoms with van der Waals surface area (Å²) in [6.45, 7) is 0. The van der Waals surface area contributed by atoms with E-state index in [2.05, 4.69) is 21.2 Å². The molecule has 1 aliphatic heterocycles. The number of carbonyl (C=O) groups is 2. The van der Waals surface area contributed by atoms with E-state index in [1.807, 2.05) is 12.1 Å². The Kier molecular flexibility index (Phi) is 4.79. The zero-order valence-corrected chi connectivity index (χ0v) is 15.6. The van der Waals surface area contributed by atoms with E-state index < -0.39 is 11.8 Å². The van der Waals surface area contributed by atoms with Gasteiger partial charge in [0.25, 0.3) is 11.8 Å². The summed E-state index contributed by atoms with van der Waals surface area (Å²) in [7, 11) is 1.54. The van der Waals surface area contributed by atoms with Crippen molar-refractivity contribution in [2.45, 2.75) is 0 Å². The molecule has 2 amide bonds. The molecular formula is C16H11BrN2O3S2. The molecule has 0 saturated carbocycles. The molecule has 0 atom stereocenters. The van der Waals surface area contributed by atoms with Crippen LogP contribution in [0.2, 0.25) is 0 Å². The highest BCUT2D eigenvalue weighted by Gasteiger charge is 2.34.